The summed E-state index contributed by atoms with van der Waals surface area (Å²) in [6, 6.07) is 5.75. The SMILES string of the molecule is CN(Cc1ncccn1)[C@H]1CCN(C(=O)NCc2ccco2)C1. The Bertz CT molecular complexity index is 617. The normalized spacial score (nSPS) is 17.7. The van der Waals surface area contributed by atoms with Crippen LogP contribution in [0.3, 0.4) is 0 Å². The van der Waals surface area contributed by atoms with Crippen LogP contribution in [0, 0.1) is 0 Å². The molecule has 1 fully saturated rings. The van der Waals surface area contributed by atoms with Gasteiger partial charge in [-0.15, -0.1) is 0 Å². The van der Waals surface area contributed by atoms with Gasteiger partial charge in [-0.2, -0.15) is 0 Å². The monoisotopic (exact) mass is 315 g/mol. The van der Waals surface area contributed by atoms with Crippen molar-refractivity contribution < 1.29 is 9.21 Å². The summed E-state index contributed by atoms with van der Waals surface area (Å²) in [6.45, 7) is 2.58. The Morgan fingerprint density at radius 2 is 2.26 bits per heavy atom. The third-order valence-electron chi connectivity index (χ3n) is 4.08. The van der Waals surface area contributed by atoms with Crippen molar-refractivity contribution in [1.29, 1.82) is 0 Å². The number of carbonyl (C=O) groups is 1. The molecule has 122 valence electrons. The zero-order valence-corrected chi connectivity index (χ0v) is 13.2. The van der Waals surface area contributed by atoms with Crippen molar-refractivity contribution in [2.75, 3.05) is 20.1 Å². The minimum absolute atomic E-state index is 0.0479. The lowest BCUT2D eigenvalue weighted by Gasteiger charge is -2.24. The predicted molar refractivity (Wildman–Crippen MR) is 84.4 cm³/mol. The fourth-order valence-electron chi connectivity index (χ4n) is 2.74. The van der Waals surface area contributed by atoms with Gasteiger partial charge in [0.2, 0.25) is 0 Å². The summed E-state index contributed by atoms with van der Waals surface area (Å²) in [4.78, 5) is 24.7. The molecule has 3 heterocycles. The Balaban J connectivity index is 1.46. The summed E-state index contributed by atoms with van der Waals surface area (Å²) >= 11 is 0. The van der Waals surface area contributed by atoms with Gasteiger partial charge in [0.1, 0.15) is 11.6 Å². The van der Waals surface area contributed by atoms with E-state index in [-0.39, 0.29) is 6.03 Å². The maximum absolute atomic E-state index is 12.2. The van der Waals surface area contributed by atoms with Crippen LogP contribution < -0.4 is 5.32 Å². The lowest BCUT2D eigenvalue weighted by atomic mass is 10.2. The molecule has 2 aromatic heterocycles. The van der Waals surface area contributed by atoms with Gasteiger partial charge in [0, 0.05) is 31.5 Å². The first-order chi connectivity index (χ1) is 11.2. The molecule has 3 rings (SSSR count). The van der Waals surface area contributed by atoms with Crippen LogP contribution in [0.4, 0.5) is 4.79 Å². The predicted octanol–water partition coefficient (Wildman–Crippen LogP) is 1.49. The van der Waals surface area contributed by atoms with Gasteiger partial charge < -0.3 is 14.6 Å². The Hall–Kier alpha value is -2.41. The van der Waals surface area contributed by atoms with Crippen LogP contribution in [-0.2, 0) is 13.1 Å². The van der Waals surface area contributed by atoms with Crippen molar-refractivity contribution in [2.45, 2.75) is 25.6 Å². The van der Waals surface area contributed by atoms with E-state index in [4.69, 9.17) is 4.42 Å². The number of carbonyl (C=O) groups excluding carboxylic acids is 1. The Labute approximate surface area is 135 Å². The molecule has 1 N–H and O–H groups in total. The fraction of sp³-hybridized carbons (Fsp3) is 0.438. The first kappa shape index (κ1) is 15.5. The third-order valence-corrected chi connectivity index (χ3v) is 4.08. The number of amides is 2. The second kappa shape index (κ2) is 7.23. The maximum atomic E-state index is 12.2. The highest BCUT2D eigenvalue weighted by atomic mass is 16.3. The lowest BCUT2D eigenvalue weighted by molar-refractivity contribution is 0.195. The topological polar surface area (TPSA) is 74.5 Å². The van der Waals surface area contributed by atoms with Crippen LogP contribution in [0.25, 0.3) is 0 Å². The van der Waals surface area contributed by atoms with E-state index in [1.807, 2.05) is 30.1 Å². The minimum Gasteiger partial charge on any atom is -0.467 e. The molecule has 23 heavy (non-hydrogen) atoms. The van der Waals surface area contributed by atoms with Crippen molar-refractivity contribution in [1.82, 2.24) is 25.1 Å². The molecule has 1 atom stereocenters. The van der Waals surface area contributed by atoms with E-state index in [0.717, 1.165) is 24.6 Å². The number of furan rings is 1. The van der Waals surface area contributed by atoms with Gasteiger partial charge in [-0.05, 0) is 31.7 Å². The summed E-state index contributed by atoms with van der Waals surface area (Å²) in [5.41, 5.74) is 0. The number of hydrogen-bond acceptors (Lipinski definition) is 5. The highest BCUT2D eigenvalue weighted by Gasteiger charge is 2.29. The van der Waals surface area contributed by atoms with E-state index in [0.29, 0.717) is 25.7 Å². The first-order valence-corrected chi connectivity index (χ1v) is 7.73. The second-order valence-electron chi connectivity index (χ2n) is 5.71. The molecule has 7 heteroatoms. The number of nitrogens with zero attached hydrogens (tertiary/aromatic N) is 4. The fourth-order valence-corrected chi connectivity index (χ4v) is 2.74. The van der Waals surface area contributed by atoms with Crippen LogP contribution in [0.1, 0.15) is 18.0 Å². The summed E-state index contributed by atoms with van der Waals surface area (Å²) in [6.07, 6.45) is 6.06. The van der Waals surface area contributed by atoms with Gasteiger partial charge in [-0.1, -0.05) is 0 Å². The van der Waals surface area contributed by atoms with Crippen LogP contribution >= 0.6 is 0 Å². The molecular weight excluding hydrogens is 294 g/mol. The number of hydrogen-bond donors (Lipinski definition) is 1. The number of urea groups is 1. The van der Waals surface area contributed by atoms with Gasteiger partial charge in [0.05, 0.1) is 19.4 Å². The van der Waals surface area contributed by atoms with Crippen LogP contribution in [0.15, 0.2) is 41.3 Å². The zero-order valence-electron chi connectivity index (χ0n) is 13.2. The maximum Gasteiger partial charge on any atom is 0.317 e. The molecule has 1 aliphatic rings. The van der Waals surface area contributed by atoms with Gasteiger partial charge in [0.15, 0.2) is 0 Å². The van der Waals surface area contributed by atoms with E-state index in [9.17, 15) is 4.79 Å². The summed E-state index contributed by atoms with van der Waals surface area (Å²) < 4.78 is 5.22. The van der Waals surface area contributed by atoms with Crippen molar-refractivity contribution in [3.63, 3.8) is 0 Å². The van der Waals surface area contributed by atoms with Gasteiger partial charge in [-0.3, -0.25) is 4.90 Å². The zero-order chi connectivity index (χ0) is 16.1. The Morgan fingerprint density at radius 1 is 1.43 bits per heavy atom. The molecule has 7 nitrogen and oxygen atoms in total. The average molecular weight is 315 g/mol. The van der Waals surface area contributed by atoms with Crippen LogP contribution in [0.5, 0.6) is 0 Å². The highest BCUT2D eigenvalue weighted by molar-refractivity contribution is 5.74. The molecule has 1 saturated heterocycles. The van der Waals surface area contributed by atoms with E-state index in [1.165, 1.54) is 0 Å². The molecule has 0 aliphatic carbocycles. The quantitative estimate of drug-likeness (QED) is 0.905. The number of rotatable bonds is 5. The number of likely N-dealkylation sites (tertiary alicyclic amines) is 1. The Morgan fingerprint density at radius 3 is 3.00 bits per heavy atom. The Kier molecular flexibility index (Phi) is 4.87. The molecule has 0 unspecified atom stereocenters. The van der Waals surface area contributed by atoms with Crippen molar-refractivity contribution in [3.8, 4) is 0 Å². The molecule has 0 bridgehead atoms. The molecule has 0 spiro atoms. The minimum atomic E-state index is -0.0479. The number of aromatic nitrogens is 2. The van der Waals surface area contributed by atoms with Crippen molar-refractivity contribution in [2.24, 2.45) is 0 Å². The second-order valence-corrected chi connectivity index (χ2v) is 5.71. The first-order valence-electron chi connectivity index (χ1n) is 7.73. The van der Waals surface area contributed by atoms with Gasteiger partial charge in [-0.25, -0.2) is 14.8 Å². The van der Waals surface area contributed by atoms with Crippen LogP contribution in [0.2, 0.25) is 0 Å². The lowest BCUT2D eigenvalue weighted by Crippen LogP contribution is -2.41. The van der Waals surface area contributed by atoms with Crippen molar-refractivity contribution >= 4 is 6.03 Å². The standard InChI is InChI=1S/C16H21N5O2/c1-20(12-15-17-6-3-7-18-15)13-5-8-21(11-13)16(22)19-10-14-4-2-9-23-14/h2-4,6-7,9,13H,5,8,10-12H2,1H3,(H,19,22)/t13-/m0/s1. The molecule has 2 amide bonds. The number of nitrogens with one attached hydrogen (secondary N) is 1. The largest absolute Gasteiger partial charge is 0.467 e. The van der Waals surface area contributed by atoms with E-state index in [2.05, 4.69) is 20.2 Å². The van der Waals surface area contributed by atoms with Crippen molar-refractivity contribution in [3.05, 3.63) is 48.4 Å². The summed E-state index contributed by atoms with van der Waals surface area (Å²) in [7, 11) is 2.05. The summed E-state index contributed by atoms with van der Waals surface area (Å²) in [5.74, 6) is 1.56. The highest BCUT2D eigenvalue weighted by Crippen LogP contribution is 2.16. The average Bonchev–Trinajstić information content (AvgIpc) is 3.25. The summed E-state index contributed by atoms with van der Waals surface area (Å²) in [5, 5.41) is 2.89. The third kappa shape index (κ3) is 4.07. The van der Waals surface area contributed by atoms with E-state index >= 15 is 0 Å². The molecule has 1 aliphatic heterocycles. The molecule has 0 aromatic carbocycles. The molecule has 2 aromatic rings. The molecule has 0 saturated carbocycles. The van der Waals surface area contributed by atoms with Gasteiger partial charge in [0.25, 0.3) is 0 Å². The van der Waals surface area contributed by atoms with Crippen LogP contribution in [-0.4, -0.2) is 52.0 Å². The van der Waals surface area contributed by atoms with E-state index in [1.54, 1.807) is 18.7 Å². The number of likely N-dealkylation sites (N-methyl/N-ethyl adjacent to an activating group) is 1. The molecule has 0 radical (unpaired) electrons. The smallest absolute Gasteiger partial charge is 0.317 e. The van der Waals surface area contributed by atoms with Gasteiger partial charge >= 0.3 is 6.03 Å². The van der Waals surface area contributed by atoms with E-state index < -0.39 is 0 Å². The molecular formula is C16H21N5O2.